The summed E-state index contributed by atoms with van der Waals surface area (Å²) in [7, 11) is 1.66. The Morgan fingerprint density at radius 1 is 1.16 bits per heavy atom. The summed E-state index contributed by atoms with van der Waals surface area (Å²) in [5.74, 6) is 2.61. The van der Waals surface area contributed by atoms with Gasteiger partial charge in [0.15, 0.2) is 22.1 Å². The van der Waals surface area contributed by atoms with Crippen molar-refractivity contribution in [1.82, 2.24) is 14.8 Å². The van der Waals surface area contributed by atoms with Gasteiger partial charge in [-0.15, -0.1) is 0 Å². The molecule has 1 heterocycles. The second-order valence-corrected chi connectivity index (χ2v) is 8.77. The van der Waals surface area contributed by atoms with E-state index in [2.05, 4.69) is 24.0 Å². The molecule has 0 spiro atoms. The number of nitrogens with zero attached hydrogens (tertiary/aromatic N) is 2. The molecule has 0 unspecified atom stereocenters. The average molecular weight is 440 g/mol. The SMILES string of the molecule is COc1cc(Cn2c(-c3cc(C(C)C)ccc3O)n[nH]c2=S)ccc1OC1CCCC1. The Bertz CT molecular complexity index is 1110. The lowest BCUT2D eigenvalue weighted by Crippen LogP contribution is -2.12. The molecule has 1 saturated carbocycles. The molecule has 1 fully saturated rings. The number of aromatic hydroxyl groups is 1. The Balaban J connectivity index is 1.64. The molecule has 1 aliphatic rings. The van der Waals surface area contributed by atoms with Crippen molar-refractivity contribution in [2.24, 2.45) is 0 Å². The second kappa shape index (κ2) is 9.14. The molecule has 0 radical (unpaired) electrons. The van der Waals surface area contributed by atoms with Gasteiger partial charge in [-0.2, -0.15) is 5.10 Å². The molecule has 2 N–H and O–H groups in total. The van der Waals surface area contributed by atoms with Gasteiger partial charge in [0.1, 0.15) is 5.75 Å². The van der Waals surface area contributed by atoms with Gasteiger partial charge < -0.3 is 14.6 Å². The van der Waals surface area contributed by atoms with Gasteiger partial charge in [-0.1, -0.05) is 26.0 Å². The van der Waals surface area contributed by atoms with Gasteiger partial charge in [-0.3, -0.25) is 9.67 Å². The van der Waals surface area contributed by atoms with Crippen molar-refractivity contribution >= 4 is 12.2 Å². The highest BCUT2D eigenvalue weighted by Crippen LogP contribution is 2.34. The molecule has 0 atom stereocenters. The minimum Gasteiger partial charge on any atom is -0.507 e. The van der Waals surface area contributed by atoms with Crippen LogP contribution in [0.5, 0.6) is 17.2 Å². The molecule has 0 amide bonds. The Morgan fingerprint density at radius 2 is 1.94 bits per heavy atom. The summed E-state index contributed by atoms with van der Waals surface area (Å²) >= 11 is 5.49. The van der Waals surface area contributed by atoms with Crippen molar-refractivity contribution < 1.29 is 14.6 Å². The van der Waals surface area contributed by atoms with Crippen LogP contribution in [-0.4, -0.2) is 33.1 Å². The topological polar surface area (TPSA) is 72.3 Å². The van der Waals surface area contributed by atoms with Crippen LogP contribution in [0, 0.1) is 4.77 Å². The van der Waals surface area contributed by atoms with Crippen LogP contribution < -0.4 is 9.47 Å². The molecule has 1 aromatic heterocycles. The lowest BCUT2D eigenvalue weighted by molar-refractivity contribution is 0.200. The number of hydrogen-bond donors (Lipinski definition) is 2. The van der Waals surface area contributed by atoms with Crippen molar-refractivity contribution in [2.75, 3.05) is 7.11 Å². The summed E-state index contributed by atoms with van der Waals surface area (Å²) < 4.78 is 14.1. The first-order chi connectivity index (χ1) is 15.0. The van der Waals surface area contributed by atoms with Gasteiger partial charge in [-0.25, -0.2) is 0 Å². The van der Waals surface area contributed by atoms with Crippen molar-refractivity contribution in [2.45, 2.75) is 58.1 Å². The maximum absolute atomic E-state index is 10.5. The molecule has 0 bridgehead atoms. The Morgan fingerprint density at radius 3 is 2.65 bits per heavy atom. The highest BCUT2D eigenvalue weighted by Gasteiger charge is 2.19. The molecular weight excluding hydrogens is 410 g/mol. The fourth-order valence-electron chi connectivity index (χ4n) is 4.04. The van der Waals surface area contributed by atoms with Crippen LogP contribution in [0.1, 0.15) is 56.6 Å². The van der Waals surface area contributed by atoms with Gasteiger partial charge in [0.25, 0.3) is 0 Å². The van der Waals surface area contributed by atoms with Crippen molar-refractivity contribution in [1.29, 1.82) is 0 Å². The monoisotopic (exact) mass is 439 g/mol. The number of aromatic amines is 1. The predicted octanol–water partition coefficient (Wildman–Crippen LogP) is 5.81. The molecule has 2 aromatic carbocycles. The number of ether oxygens (including phenoxy) is 2. The normalized spacial score (nSPS) is 14.3. The number of H-pyrrole nitrogens is 1. The molecule has 1 aliphatic carbocycles. The molecule has 164 valence electrons. The van der Waals surface area contributed by atoms with Crippen LogP contribution >= 0.6 is 12.2 Å². The first kappa shape index (κ1) is 21.4. The summed E-state index contributed by atoms with van der Waals surface area (Å²) in [4.78, 5) is 0. The lowest BCUT2D eigenvalue weighted by atomic mass is 10.00. The number of benzene rings is 2. The number of nitrogens with one attached hydrogen (secondary N) is 1. The van der Waals surface area contributed by atoms with E-state index in [1.54, 1.807) is 13.2 Å². The lowest BCUT2D eigenvalue weighted by Gasteiger charge is -2.17. The van der Waals surface area contributed by atoms with E-state index in [0.29, 0.717) is 34.4 Å². The number of hydrogen-bond acceptors (Lipinski definition) is 5. The van der Waals surface area contributed by atoms with Gasteiger partial charge in [0.05, 0.1) is 25.3 Å². The zero-order valence-electron chi connectivity index (χ0n) is 18.2. The second-order valence-electron chi connectivity index (χ2n) is 8.38. The van der Waals surface area contributed by atoms with E-state index in [0.717, 1.165) is 29.7 Å². The average Bonchev–Trinajstić information content (AvgIpc) is 3.39. The predicted molar refractivity (Wildman–Crippen MR) is 124 cm³/mol. The molecule has 4 rings (SSSR count). The van der Waals surface area contributed by atoms with Gasteiger partial charge in [0.2, 0.25) is 0 Å². The molecule has 3 aromatic rings. The largest absolute Gasteiger partial charge is 0.507 e. The van der Waals surface area contributed by atoms with Crippen LogP contribution in [0.4, 0.5) is 0 Å². The van der Waals surface area contributed by atoms with Crippen LogP contribution in [0.15, 0.2) is 36.4 Å². The van der Waals surface area contributed by atoms with Gasteiger partial charge in [0, 0.05) is 0 Å². The number of rotatable bonds is 7. The number of methoxy groups -OCH3 is 1. The van der Waals surface area contributed by atoms with Crippen LogP contribution in [0.2, 0.25) is 0 Å². The van der Waals surface area contributed by atoms with Crippen LogP contribution in [0.25, 0.3) is 11.4 Å². The highest BCUT2D eigenvalue weighted by atomic mass is 32.1. The van der Waals surface area contributed by atoms with Crippen molar-refractivity contribution in [3.05, 3.63) is 52.3 Å². The third-order valence-electron chi connectivity index (χ3n) is 5.85. The zero-order valence-corrected chi connectivity index (χ0v) is 19.0. The molecule has 0 aliphatic heterocycles. The zero-order chi connectivity index (χ0) is 22.0. The van der Waals surface area contributed by atoms with E-state index in [1.165, 1.54) is 12.8 Å². The molecule has 6 nitrogen and oxygen atoms in total. The maximum Gasteiger partial charge on any atom is 0.195 e. The Hall–Kier alpha value is -2.80. The summed E-state index contributed by atoms with van der Waals surface area (Å²) in [6.45, 7) is 4.74. The van der Waals surface area contributed by atoms with Gasteiger partial charge >= 0.3 is 0 Å². The van der Waals surface area contributed by atoms with Crippen molar-refractivity contribution in [3.8, 4) is 28.6 Å². The van der Waals surface area contributed by atoms with Crippen LogP contribution in [-0.2, 0) is 6.54 Å². The molecular formula is C24H29N3O3S. The minimum atomic E-state index is 0.178. The third kappa shape index (κ3) is 4.61. The highest BCUT2D eigenvalue weighted by molar-refractivity contribution is 7.71. The summed E-state index contributed by atoms with van der Waals surface area (Å²) in [5, 5.41) is 17.8. The third-order valence-corrected chi connectivity index (χ3v) is 6.16. The Kier molecular flexibility index (Phi) is 6.32. The summed E-state index contributed by atoms with van der Waals surface area (Å²) in [6, 6.07) is 11.6. The fourth-order valence-corrected chi connectivity index (χ4v) is 4.23. The smallest absolute Gasteiger partial charge is 0.195 e. The van der Waals surface area contributed by atoms with E-state index in [9.17, 15) is 5.11 Å². The summed E-state index contributed by atoms with van der Waals surface area (Å²) in [6.07, 6.45) is 4.90. The molecule has 7 heteroatoms. The quantitative estimate of drug-likeness (QED) is 0.454. The van der Waals surface area contributed by atoms with E-state index in [1.807, 2.05) is 34.9 Å². The van der Waals surface area contributed by atoms with Crippen molar-refractivity contribution in [3.63, 3.8) is 0 Å². The minimum absolute atomic E-state index is 0.178. The standard InChI is InChI=1S/C24H29N3O3S/c1-15(2)17-9-10-20(28)19(13-17)23-25-26-24(31)27(23)14-16-8-11-21(22(12-16)29-3)30-18-6-4-5-7-18/h8-13,15,18,28H,4-7,14H2,1-3H3,(H,26,31). The molecule has 31 heavy (non-hydrogen) atoms. The number of aromatic nitrogens is 3. The molecule has 0 saturated heterocycles. The van der Waals surface area contributed by atoms with E-state index < -0.39 is 0 Å². The van der Waals surface area contributed by atoms with E-state index in [-0.39, 0.29) is 11.9 Å². The van der Waals surface area contributed by atoms with E-state index >= 15 is 0 Å². The fraction of sp³-hybridized carbons (Fsp3) is 0.417. The summed E-state index contributed by atoms with van der Waals surface area (Å²) in [5.41, 5.74) is 2.80. The van der Waals surface area contributed by atoms with Crippen LogP contribution in [0.3, 0.4) is 0 Å². The first-order valence-electron chi connectivity index (χ1n) is 10.8. The first-order valence-corrected chi connectivity index (χ1v) is 11.2. The van der Waals surface area contributed by atoms with Gasteiger partial charge in [-0.05, 0) is 79.2 Å². The number of phenolic OH excluding ortho intramolecular Hbond substituents is 1. The Labute approximate surface area is 187 Å². The maximum atomic E-state index is 10.5. The number of phenols is 1. The van der Waals surface area contributed by atoms with E-state index in [4.69, 9.17) is 21.7 Å².